The van der Waals surface area contributed by atoms with E-state index in [1.807, 2.05) is 19.1 Å². The highest BCUT2D eigenvalue weighted by Crippen LogP contribution is 2.06. The average molecular weight is 137 g/mol. The molecule has 0 atom stereocenters. The van der Waals surface area contributed by atoms with Crippen LogP contribution < -0.4 is 11.5 Å². The highest BCUT2D eigenvalue weighted by Gasteiger charge is 1.94. The molecule has 4 N–H and O–H groups in total. The van der Waals surface area contributed by atoms with E-state index in [2.05, 4.69) is 4.98 Å². The number of aryl methyl sites for hydroxylation is 1. The molecule has 1 aromatic heterocycles. The van der Waals surface area contributed by atoms with Gasteiger partial charge in [0, 0.05) is 6.54 Å². The lowest BCUT2D eigenvalue weighted by Crippen LogP contribution is -2.02. The van der Waals surface area contributed by atoms with Crippen molar-refractivity contribution in [2.24, 2.45) is 5.73 Å². The minimum Gasteiger partial charge on any atom is -0.397 e. The van der Waals surface area contributed by atoms with Crippen molar-refractivity contribution in [3.8, 4) is 0 Å². The molecule has 1 rings (SSSR count). The van der Waals surface area contributed by atoms with Crippen molar-refractivity contribution in [3.05, 3.63) is 23.5 Å². The Kier molecular flexibility index (Phi) is 1.87. The van der Waals surface area contributed by atoms with Crippen LogP contribution in [0.15, 0.2) is 12.1 Å². The lowest BCUT2D eigenvalue weighted by Gasteiger charge is -2.00. The van der Waals surface area contributed by atoms with Crippen LogP contribution in [0.25, 0.3) is 0 Å². The van der Waals surface area contributed by atoms with Crippen molar-refractivity contribution in [2.75, 3.05) is 5.73 Å². The van der Waals surface area contributed by atoms with Crippen molar-refractivity contribution in [1.29, 1.82) is 0 Å². The van der Waals surface area contributed by atoms with Gasteiger partial charge in [-0.05, 0) is 19.1 Å². The normalized spacial score (nSPS) is 9.80. The number of anilines is 1. The Morgan fingerprint density at radius 1 is 1.50 bits per heavy atom. The van der Waals surface area contributed by atoms with Gasteiger partial charge in [0.1, 0.15) is 0 Å². The van der Waals surface area contributed by atoms with Gasteiger partial charge >= 0.3 is 0 Å². The summed E-state index contributed by atoms with van der Waals surface area (Å²) in [4.78, 5) is 4.14. The number of hydrogen-bond acceptors (Lipinski definition) is 3. The zero-order chi connectivity index (χ0) is 7.56. The quantitative estimate of drug-likeness (QED) is 0.590. The van der Waals surface area contributed by atoms with Crippen molar-refractivity contribution in [1.82, 2.24) is 4.98 Å². The van der Waals surface area contributed by atoms with Gasteiger partial charge in [-0.25, -0.2) is 0 Å². The van der Waals surface area contributed by atoms with Crippen molar-refractivity contribution < 1.29 is 0 Å². The second-order valence-corrected chi connectivity index (χ2v) is 2.18. The summed E-state index contributed by atoms with van der Waals surface area (Å²) in [5.74, 6) is 0. The molecule has 0 spiro atoms. The first-order chi connectivity index (χ1) is 4.74. The minimum atomic E-state index is 0.473. The smallest absolute Gasteiger partial charge is 0.0605 e. The van der Waals surface area contributed by atoms with E-state index in [0.29, 0.717) is 6.54 Å². The molecule has 0 fully saturated rings. The van der Waals surface area contributed by atoms with Crippen LogP contribution in [0, 0.1) is 6.92 Å². The second-order valence-electron chi connectivity index (χ2n) is 2.18. The highest BCUT2D eigenvalue weighted by atomic mass is 14.8. The van der Waals surface area contributed by atoms with Gasteiger partial charge in [-0.2, -0.15) is 0 Å². The lowest BCUT2D eigenvalue weighted by molar-refractivity contribution is 0.972. The van der Waals surface area contributed by atoms with Crippen LogP contribution in [-0.4, -0.2) is 4.98 Å². The van der Waals surface area contributed by atoms with E-state index in [4.69, 9.17) is 11.5 Å². The Morgan fingerprint density at radius 2 is 2.20 bits per heavy atom. The van der Waals surface area contributed by atoms with Gasteiger partial charge in [0.25, 0.3) is 0 Å². The monoisotopic (exact) mass is 137 g/mol. The van der Waals surface area contributed by atoms with Gasteiger partial charge in [0.2, 0.25) is 0 Å². The van der Waals surface area contributed by atoms with Crippen LogP contribution in [-0.2, 0) is 6.54 Å². The van der Waals surface area contributed by atoms with E-state index >= 15 is 0 Å². The molecule has 1 aromatic rings. The molecule has 0 bridgehead atoms. The van der Waals surface area contributed by atoms with Crippen LogP contribution >= 0.6 is 0 Å². The first kappa shape index (κ1) is 7.02. The summed E-state index contributed by atoms with van der Waals surface area (Å²) in [7, 11) is 0. The molecule has 0 radical (unpaired) electrons. The summed E-state index contributed by atoms with van der Waals surface area (Å²) in [5.41, 5.74) is 13.4. The summed E-state index contributed by atoms with van der Waals surface area (Å²) in [6.45, 7) is 2.34. The van der Waals surface area contributed by atoms with Crippen LogP contribution in [0.3, 0.4) is 0 Å². The van der Waals surface area contributed by atoms with Gasteiger partial charge in [-0.1, -0.05) is 0 Å². The number of nitrogens with zero attached hydrogens (tertiary/aromatic N) is 1. The van der Waals surface area contributed by atoms with Crippen LogP contribution in [0.1, 0.15) is 11.4 Å². The summed E-state index contributed by atoms with van der Waals surface area (Å²) in [5, 5.41) is 0. The fraction of sp³-hybridized carbons (Fsp3) is 0.286. The number of nitrogens with two attached hydrogens (primary N) is 2. The summed E-state index contributed by atoms with van der Waals surface area (Å²) < 4.78 is 0. The van der Waals surface area contributed by atoms with Gasteiger partial charge < -0.3 is 11.5 Å². The minimum absolute atomic E-state index is 0.473. The Hall–Kier alpha value is -1.09. The molecule has 0 unspecified atom stereocenters. The topological polar surface area (TPSA) is 64.9 Å². The molecule has 3 heteroatoms. The van der Waals surface area contributed by atoms with E-state index in [1.54, 1.807) is 0 Å². The Balaban J connectivity index is 3.04. The maximum absolute atomic E-state index is 5.54. The fourth-order valence-corrected chi connectivity index (χ4v) is 0.737. The molecule has 0 aliphatic heterocycles. The first-order valence-corrected chi connectivity index (χ1v) is 3.16. The Bertz CT molecular complexity index is 232. The Labute approximate surface area is 60.1 Å². The summed E-state index contributed by atoms with van der Waals surface area (Å²) >= 11 is 0. The summed E-state index contributed by atoms with van der Waals surface area (Å²) in [6.07, 6.45) is 0. The van der Waals surface area contributed by atoms with E-state index in [1.165, 1.54) is 0 Å². The van der Waals surface area contributed by atoms with E-state index < -0.39 is 0 Å². The van der Waals surface area contributed by atoms with E-state index in [9.17, 15) is 0 Å². The number of aromatic nitrogens is 1. The summed E-state index contributed by atoms with van der Waals surface area (Å²) in [6, 6.07) is 3.66. The molecular formula is C7H11N3. The van der Waals surface area contributed by atoms with Gasteiger partial charge in [-0.3, -0.25) is 4.98 Å². The molecule has 0 saturated carbocycles. The second kappa shape index (κ2) is 2.66. The molecule has 1 heterocycles. The predicted octanol–water partition coefficient (Wildman–Crippen LogP) is 0.431. The SMILES string of the molecule is Cc1nc(CN)ccc1N. The van der Waals surface area contributed by atoms with E-state index in [0.717, 1.165) is 17.1 Å². The predicted molar refractivity (Wildman–Crippen MR) is 41.3 cm³/mol. The first-order valence-electron chi connectivity index (χ1n) is 3.16. The van der Waals surface area contributed by atoms with Crippen molar-refractivity contribution in [3.63, 3.8) is 0 Å². The van der Waals surface area contributed by atoms with Crippen molar-refractivity contribution in [2.45, 2.75) is 13.5 Å². The Morgan fingerprint density at radius 3 is 2.70 bits per heavy atom. The van der Waals surface area contributed by atoms with E-state index in [-0.39, 0.29) is 0 Å². The van der Waals surface area contributed by atoms with Gasteiger partial charge in [0.05, 0.1) is 17.1 Å². The molecule has 3 nitrogen and oxygen atoms in total. The maximum Gasteiger partial charge on any atom is 0.0605 e. The molecule has 0 aliphatic carbocycles. The van der Waals surface area contributed by atoms with Crippen LogP contribution in [0.5, 0.6) is 0 Å². The number of nitrogen functional groups attached to an aromatic ring is 1. The number of hydrogen-bond donors (Lipinski definition) is 2. The fourth-order valence-electron chi connectivity index (χ4n) is 0.737. The molecule has 0 saturated heterocycles. The number of pyridine rings is 1. The standard InChI is InChI=1S/C7H11N3/c1-5-7(9)3-2-6(4-8)10-5/h2-3H,4,8-9H2,1H3. The average Bonchev–Trinajstić information content (AvgIpc) is 1.95. The third-order valence-corrected chi connectivity index (χ3v) is 1.39. The molecular weight excluding hydrogens is 126 g/mol. The van der Waals surface area contributed by atoms with Crippen LogP contribution in [0.4, 0.5) is 5.69 Å². The maximum atomic E-state index is 5.54. The molecule has 10 heavy (non-hydrogen) atoms. The molecule has 54 valence electrons. The molecule has 0 aromatic carbocycles. The highest BCUT2D eigenvalue weighted by molar-refractivity contribution is 5.42. The van der Waals surface area contributed by atoms with Crippen LogP contribution in [0.2, 0.25) is 0 Å². The zero-order valence-corrected chi connectivity index (χ0v) is 5.96. The van der Waals surface area contributed by atoms with Crippen molar-refractivity contribution >= 4 is 5.69 Å². The van der Waals surface area contributed by atoms with Gasteiger partial charge in [-0.15, -0.1) is 0 Å². The molecule has 0 amide bonds. The van der Waals surface area contributed by atoms with Gasteiger partial charge in [0.15, 0.2) is 0 Å². The molecule has 0 aliphatic rings. The zero-order valence-electron chi connectivity index (χ0n) is 5.96. The largest absolute Gasteiger partial charge is 0.397 e. The number of rotatable bonds is 1. The lowest BCUT2D eigenvalue weighted by atomic mass is 10.3. The third kappa shape index (κ3) is 1.25. The third-order valence-electron chi connectivity index (χ3n) is 1.39.